The Labute approximate surface area is 306 Å². The van der Waals surface area contributed by atoms with E-state index < -0.39 is 0 Å². The number of hydrogen-bond acceptors (Lipinski definition) is 2. The van der Waals surface area contributed by atoms with E-state index in [-0.39, 0.29) is 10.8 Å². The van der Waals surface area contributed by atoms with Gasteiger partial charge in [0.2, 0.25) is 0 Å². The van der Waals surface area contributed by atoms with Crippen molar-refractivity contribution in [2.75, 3.05) is 4.90 Å². The lowest BCUT2D eigenvalue weighted by molar-refractivity contribution is 0.655. The topological polar surface area (TPSA) is 16.4 Å². The molecule has 0 bridgehead atoms. The first kappa shape index (κ1) is 30.9. The van der Waals surface area contributed by atoms with Crippen molar-refractivity contribution in [1.29, 1.82) is 0 Å². The zero-order chi connectivity index (χ0) is 35.5. The third-order valence-corrected chi connectivity index (χ3v) is 12.0. The van der Waals surface area contributed by atoms with Crippen LogP contribution in [0.3, 0.4) is 0 Å². The Balaban J connectivity index is 1.16. The predicted octanol–water partition coefficient (Wildman–Crippen LogP) is 14.0. The smallest absolute Gasteiger partial charge is 0.135 e. The second-order valence-electron chi connectivity index (χ2n) is 15.9. The number of hydrogen-bond donors (Lipinski definition) is 0. The zero-order valence-electron chi connectivity index (χ0n) is 30.6. The highest BCUT2D eigenvalue weighted by Crippen LogP contribution is 2.56. The van der Waals surface area contributed by atoms with Crippen LogP contribution in [0.1, 0.15) is 61.1 Å². The van der Waals surface area contributed by atoms with Crippen LogP contribution < -0.4 is 4.90 Å². The maximum atomic E-state index is 6.14. The number of aryl methyl sites for hydroxylation is 2. The monoisotopic (exact) mass is 671 g/mol. The first-order chi connectivity index (χ1) is 25.1. The van der Waals surface area contributed by atoms with Gasteiger partial charge in [0, 0.05) is 33.0 Å². The SMILES string of the molecule is Cc1cc(C)c2c(c1)-c1cccc(N(c3ccc(-c4ccc5oc6ccccc6c5c4)cc3)c3ccc4c(c3)C(C)(C)c3ccccc3-4)c1C2(C)C. The minimum Gasteiger partial charge on any atom is -0.456 e. The highest BCUT2D eigenvalue weighted by atomic mass is 16.3. The molecule has 0 atom stereocenters. The van der Waals surface area contributed by atoms with Gasteiger partial charge in [0.25, 0.3) is 0 Å². The van der Waals surface area contributed by atoms with Gasteiger partial charge in [0.1, 0.15) is 11.2 Å². The quantitative estimate of drug-likeness (QED) is 0.185. The summed E-state index contributed by atoms with van der Waals surface area (Å²) in [6.45, 7) is 14.0. The third-order valence-electron chi connectivity index (χ3n) is 12.0. The largest absolute Gasteiger partial charge is 0.456 e. The van der Waals surface area contributed by atoms with Crippen molar-refractivity contribution in [3.8, 4) is 33.4 Å². The molecule has 0 unspecified atom stereocenters. The van der Waals surface area contributed by atoms with E-state index in [9.17, 15) is 0 Å². The lowest BCUT2D eigenvalue weighted by Gasteiger charge is -2.33. The van der Waals surface area contributed by atoms with Gasteiger partial charge in [-0.05, 0) is 124 Å². The van der Waals surface area contributed by atoms with Crippen molar-refractivity contribution in [1.82, 2.24) is 0 Å². The normalized spacial score (nSPS) is 14.7. The third kappa shape index (κ3) is 4.30. The molecule has 2 heteroatoms. The van der Waals surface area contributed by atoms with Gasteiger partial charge >= 0.3 is 0 Å². The number of anilines is 3. The maximum Gasteiger partial charge on any atom is 0.135 e. The van der Waals surface area contributed by atoms with Crippen LogP contribution in [0.4, 0.5) is 17.1 Å². The van der Waals surface area contributed by atoms with Gasteiger partial charge in [-0.15, -0.1) is 0 Å². The molecule has 0 fully saturated rings. The molecule has 8 aromatic rings. The van der Waals surface area contributed by atoms with Gasteiger partial charge in [0.15, 0.2) is 0 Å². The average Bonchev–Trinajstić information content (AvgIpc) is 3.71. The summed E-state index contributed by atoms with van der Waals surface area (Å²) in [5.74, 6) is 0. The van der Waals surface area contributed by atoms with Crippen molar-refractivity contribution < 1.29 is 4.42 Å². The molecule has 0 aliphatic heterocycles. The minimum absolute atomic E-state index is 0.101. The van der Waals surface area contributed by atoms with E-state index in [1.807, 2.05) is 12.1 Å². The summed E-state index contributed by atoms with van der Waals surface area (Å²) in [6, 6.07) is 51.6. The van der Waals surface area contributed by atoms with Crippen molar-refractivity contribution >= 4 is 39.0 Å². The molecule has 1 aromatic heterocycles. The standard InChI is InChI=1S/C50H41NO/c1-30-26-31(2)47-41(27-30)39-14-11-16-44(48(39)50(47,5)6)51(35-23-24-37-36-12-7-9-15-42(36)49(3,4)43(37)29-35)34-21-18-32(19-22-34)33-20-25-46-40(28-33)38-13-8-10-17-45(38)52-46/h7-29H,1-6H3. The lowest BCUT2D eigenvalue weighted by atomic mass is 9.79. The minimum atomic E-state index is -0.174. The fraction of sp³-hybridized carbons (Fsp3) is 0.160. The first-order valence-electron chi connectivity index (χ1n) is 18.4. The van der Waals surface area contributed by atoms with Crippen LogP contribution in [-0.2, 0) is 10.8 Å². The Morgan fingerprint density at radius 1 is 0.462 bits per heavy atom. The second-order valence-corrected chi connectivity index (χ2v) is 15.9. The van der Waals surface area contributed by atoms with E-state index in [1.54, 1.807) is 0 Å². The summed E-state index contributed by atoms with van der Waals surface area (Å²) < 4.78 is 6.14. The van der Waals surface area contributed by atoms with Gasteiger partial charge in [0.05, 0.1) is 5.69 Å². The van der Waals surface area contributed by atoms with Gasteiger partial charge < -0.3 is 9.32 Å². The van der Waals surface area contributed by atoms with Crippen molar-refractivity contribution in [2.45, 2.75) is 52.4 Å². The van der Waals surface area contributed by atoms with Crippen LogP contribution in [0.2, 0.25) is 0 Å². The molecule has 0 N–H and O–H groups in total. The maximum absolute atomic E-state index is 6.14. The molecule has 252 valence electrons. The molecule has 10 rings (SSSR count). The van der Waals surface area contributed by atoms with Gasteiger partial charge in [-0.25, -0.2) is 0 Å². The van der Waals surface area contributed by atoms with E-state index in [2.05, 4.69) is 174 Å². The number of rotatable bonds is 4. The van der Waals surface area contributed by atoms with Crippen LogP contribution in [0.25, 0.3) is 55.3 Å². The molecule has 0 amide bonds. The summed E-state index contributed by atoms with van der Waals surface area (Å²) in [5, 5.41) is 2.29. The van der Waals surface area contributed by atoms with Crippen LogP contribution in [0.15, 0.2) is 144 Å². The lowest BCUT2D eigenvalue weighted by Crippen LogP contribution is -2.22. The molecule has 52 heavy (non-hydrogen) atoms. The molecule has 0 saturated heterocycles. The second kappa shape index (κ2) is 10.8. The summed E-state index contributed by atoms with van der Waals surface area (Å²) in [7, 11) is 0. The Hall–Kier alpha value is -5.86. The van der Waals surface area contributed by atoms with Crippen LogP contribution in [0, 0.1) is 13.8 Å². The number of benzene rings is 7. The Morgan fingerprint density at radius 3 is 2.00 bits per heavy atom. The molecule has 2 aliphatic rings. The first-order valence-corrected chi connectivity index (χ1v) is 18.4. The molecular formula is C50H41NO. The highest BCUT2D eigenvalue weighted by Gasteiger charge is 2.41. The highest BCUT2D eigenvalue weighted by molar-refractivity contribution is 6.06. The zero-order valence-corrected chi connectivity index (χ0v) is 30.6. The van der Waals surface area contributed by atoms with Gasteiger partial charge in [-0.3, -0.25) is 0 Å². The average molecular weight is 672 g/mol. The molecule has 0 spiro atoms. The van der Waals surface area contributed by atoms with E-state index in [0.717, 1.165) is 27.6 Å². The van der Waals surface area contributed by atoms with E-state index in [1.165, 1.54) is 78.1 Å². The molecule has 1 heterocycles. The number of furan rings is 1. The number of para-hydroxylation sites is 1. The molecule has 0 saturated carbocycles. The molecule has 0 radical (unpaired) electrons. The van der Waals surface area contributed by atoms with Crippen molar-refractivity contribution in [2.24, 2.45) is 0 Å². The van der Waals surface area contributed by atoms with E-state index in [4.69, 9.17) is 4.42 Å². The molecule has 2 aliphatic carbocycles. The van der Waals surface area contributed by atoms with Crippen molar-refractivity contribution in [3.05, 3.63) is 173 Å². The predicted molar refractivity (Wildman–Crippen MR) is 218 cm³/mol. The van der Waals surface area contributed by atoms with Crippen LogP contribution in [0.5, 0.6) is 0 Å². The van der Waals surface area contributed by atoms with Gasteiger partial charge in [-0.1, -0.05) is 124 Å². The van der Waals surface area contributed by atoms with Gasteiger partial charge in [-0.2, -0.15) is 0 Å². The summed E-state index contributed by atoms with van der Waals surface area (Å²) in [6.07, 6.45) is 0. The Kier molecular flexibility index (Phi) is 6.44. The summed E-state index contributed by atoms with van der Waals surface area (Å²) in [4.78, 5) is 2.50. The fourth-order valence-electron chi connectivity index (χ4n) is 9.71. The van der Waals surface area contributed by atoms with E-state index in [0.29, 0.717) is 0 Å². The molecular weight excluding hydrogens is 631 g/mol. The van der Waals surface area contributed by atoms with Crippen LogP contribution in [-0.4, -0.2) is 0 Å². The van der Waals surface area contributed by atoms with E-state index >= 15 is 0 Å². The summed E-state index contributed by atoms with van der Waals surface area (Å²) >= 11 is 0. The molecule has 2 nitrogen and oxygen atoms in total. The number of nitrogens with zero attached hydrogens (tertiary/aromatic N) is 1. The van der Waals surface area contributed by atoms with Crippen molar-refractivity contribution in [3.63, 3.8) is 0 Å². The molecule has 7 aromatic carbocycles. The fourth-order valence-corrected chi connectivity index (χ4v) is 9.71. The Morgan fingerprint density at radius 2 is 1.15 bits per heavy atom. The summed E-state index contributed by atoms with van der Waals surface area (Å²) in [5.41, 5.74) is 21.1. The number of fused-ring (bicyclic) bond motifs is 9. The van der Waals surface area contributed by atoms with Crippen LogP contribution >= 0.6 is 0 Å². The Bertz CT molecular complexity index is 2760.